The van der Waals surface area contributed by atoms with Gasteiger partial charge in [0.1, 0.15) is 25.6 Å². The van der Waals surface area contributed by atoms with Gasteiger partial charge in [0.2, 0.25) is 5.71 Å². The third-order valence-corrected chi connectivity index (χ3v) is 4.14. The number of ether oxygens (including phenoxy) is 3. The van der Waals surface area contributed by atoms with Gasteiger partial charge < -0.3 is 28.4 Å². The van der Waals surface area contributed by atoms with Crippen molar-refractivity contribution in [2.75, 3.05) is 40.5 Å². The van der Waals surface area contributed by atoms with Crippen LogP contribution in [0.4, 0.5) is 0 Å². The fourth-order valence-corrected chi connectivity index (χ4v) is 2.76. The topological polar surface area (TPSA) is 113 Å². The summed E-state index contributed by atoms with van der Waals surface area (Å²) in [5, 5.41) is 3.80. The molecule has 2 aromatic rings. The number of hydrogen-bond acceptors (Lipinski definition) is 9. The molecule has 1 saturated heterocycles. The van der Waals surface area contributed by atoms with Crippen molar-refractivity contribution in [3.05, 3.63) is 48.2 Å². The zero-order chi connectivity index (χ0) is 20.6. The highest BCUT2D eigenvalue weighted by atomic mass is 16.6. The molecule has 1 atom stereocenters. The van der Waals surface area contributed by atoms with Crippen molar-refractivity contribution in [1.29, 1.82) is 0 Å². The van der Waals surface area contributed by atoms with Gasteiger partial charge in [-0.15, -0.1) is 0 Å². The Morgan fingerprint density at radius 3 is 2.93 bits per heavy atom. The number of carbonyl (C=O) groups is 2. The van der Waals surface area contributed by atoms with Crippen molar-refractivity contribution >= 4 is 17.6 Å². The smallest absolute Gasteiger partial charge is 0.339 e. The van der Waals surface area contributed by atoms with E-state index in [-0.39, 0.29) is 29.9 Å². The van der Waals surface area contributed by atoms with E-state index in [1.165, 1.54) is 38.9 Å². The highest BCUT2D eigenvalue weighted by Gasteiger charge is 2.30. The first kappa shape index (κ1) is 20.3. The van der Waals surface area contributed by atoms with E-state index >= 15 is 0 Å². The first-order valence-electron chi connectivity index (χ1n) is 8.84. The maximum atomic E-state index is 12.9. The summed E-state index contributed by atoms with van der Waals surface area (Å²) >= 11 is 0. The van der Waals surface area contributed by atoms with E-state index in [9.17, 15) is 9.59 Å². The minimum absolute atomic E-state index is 0.0778. The first-order valence-corrected chi connectivity index (χ1v) is 8.84. The standard InChI is InChI=1S/C19H21N3O7/c1-25-19(24)13-8-14(10-20-9-13)29-12-15-11-22(5-7-27-15)18(23)17(21-26-2)16-4-3-6-28-16/h3-4,6,8-10,15H,5,7,11-12H2,1-2H3. The van der Waals surface area contributed by atoms with Crippen molar-refractivity contribution in [3.8, 4) is 5.75 Å². The van der Waals surface area contributed by atoms with E-state index in [4.69, 9.17) is 18.7 Å². The number of aromatic nitrogens is 1. The summed E-state index contributed by atoms with van der Waals surface area (Å²) in [5.41, 5.74) is 0.360. The lowest BCUT2D eigenvalue weighted by atomic mass is 10.2. The molecule has 154 valence electrons. The maximum absolute atomic E-state index is 12.9. The third kappa shape index (κ3) is 5.11. The molecule has 3 heterocycles. The molecule has 1 aliphatic rings. The number of hydrogen-bond donors (Lipinski definition) is 0. The summed E-state index contributed by atoms with van der Waals surface area (Å²) in [5.74, 6) is -0.111. The highest BCUT2D eigenvalue weighted by molar-refractivity contribution is 6.44. The Morgan fingerprint density at radius 1 is 1.34 bits per heavy atom. The number of methoxy groups -OCH3 is 1. The molecule has 1 aliphatic heterocycles. The van der Waals surface area contributed by atoms with Crippen LogP contribution < -0.4 is 4.74 Å². The van der Waals surface area contributed by atoms with Gasteiger partial charge in [-0.05, 0) is 18.2 Å². The first-order chi connectivity index (χ1) is 14.1. The number of pyridine rings is 1. The maximum Gasteiger partial charge on any atom is 0.339 e. The van der Waals surface area contributed by atoms with Crippen LogP contribution in [0.25, 0.3) is 0 Å². The van der Waals surface area contributed by atoms with E-state index in [0.29, 0.717) is 31.2 Å². The molecule has 0 aromatic carbocycles. The molecule has 3 rings (SSSR count). The number of amides is 1. The fraction of sp³-hybridized carbons (Fsp3) is 0.368. The van der Waals surface area contributed by atoms with Crippen LogP contribution >= 0.6 is 0 Å². The predicted molar refractivity (Wildman–Crippen MR) is 99.6 cm³/mol. The number of carbonyl (C=O) groups excluding carboxylic acids is 2. The minimum Gasteiger partial charge on any atom is -0.489 e. The number of oxime groups is 1. The number of esters is 1. The van der Waals surface area contributed by atoms with Gasteiger partial charge in [-0.1, -0.05) is 5.16 Å². The molecule has 1 amide bonds. The van der Waals surface area contributed by atoms with Gasteiger partial charge in [0, 0.05) is 12.7 Å². The Balaban J connectivity index is 1.61. The second-order valence-electron chi connectivity index (χ2n) is 6.06. The number of furan rings is 1. The van der Waals surface area contributed by atoms with Crippen LogP contribution in [0.1, 0.15) is 16.1 Å². The van der Waals surface area contributed by atoms with Crippen LogP contribution in [0.3, 0.4) is 0 Å². The van der Waals surface area contributed by atoms with Gasteiger partial charge in [-0.25, -0.2) is 4.79 Å². The number of rotatable bonds is 7. The van der Waals surface area contributed by atoms with Gasteiger partial charge in [0.15, 0.2) is 5.76 Å². The van der Waals surface area contributed by atoms with Crippen molar-refractivity contribution in [3.63, 3.8) is 0 Å². The SMILES string of the molecule is CON=C(C(=O)N1CCOC(COc2cncc(C(=O)OC)c2)C1)c1ccco1. The Kier molecular flexibility index (Phi) is 6.80. The molecule has 2 aromatic heterocycles. The molecule has 0 bridgehead atoms. The zero-order valence-electron chi connectivity index (χ0n) is 16.1. The van der Waals surface area contributed by atoms with Crippen LogP contribution in [0, 0.1) is 0 Å². The molecule has 10 heteroatoms. The lowest BCUT2D eigenvalue weighted by molar-refractivity contribution is -0.132. The van der Waals surface area contributed by atoms with Crippen molar-refractivity contribution in [2.24, 2.45) is 5.16 Å². The van der Waals surface area contributed by atoms with Crippen molar-refractivity contribution < 1.29 is 33.1 Å². The molecule has 29 heavy (non-hydrogen) atoms. The van der Waals surface area contributed by atoms with E-state index < -0.39 is 5.97 Å². The number of nitrogens with zero attached hydrogens (tertiary/aromatic N) is 3. The average molecular weight is 403 g/mol. The Morgan fingerprint density at radius 2 is 2.21 bits per heavy atom. The van der Waals surface area contributed by atoms with E-state index in [0.717, 1.165) is 0 Å². The van der Waals surface area contributed by atoms with Crippen LogP contribution in [0.15, 0.2) is 46.4 Å². The molecule has 0 radical (unpaired) electrons. The lowest BCUT2D eigenvalue weighted by Crippen LogP contribution is -2.49. The molecule has 0 spiro atoms. The summed E-state index contributed by atoms with van der Waals surface area (Å²) in [7, 11) is 2.66. The number of morpholine rings is 1. The average Bonchev–Trinajstić information content (AvgIpc) is 3.30. The molecule has 0 saturated carbocycles. The molecular formula is C19H21N3O7. The quantitative estimate of drug-likeness (QED) is 0.384. The van der Waals surface area contributed by atoms with E-state index in [2.05, 4.69) is 14.9 Å². The molecule has 1 fully saturated rings. The van der Waals surface area contributed by atoms with Gasteiger partial charge in [-0.2, -0.15) is 0 Å². The summed E-state index contributed by atoms with van der Waals surface area (Å²) in [6.07, 6.45) is 3.97. The van der Waals surface area contributed by atoms with Gasteiger partial charge >= 0.3 is 5.97 Å². The van der Waals surface area contributed by atoms with Crippen LogP contribution in [0.2, 0.25) is 0 Å². The Bertz CT molecular complexity index is 866. The lowest BCUT2D eigenvalue weighted by Gasteiger charge is -2.32. The Labute approximate surface area is 167 Å². The summed E-state index contributed by atoms with van der Waals surface area (Å²) in [6, 6.07) is 4.84. The second kappa shape index (κ2) is 9.69. The second-order valence-corrected chi connectivity index (χ2v) is 6.06. The summed E-state index contributed by atoms with van der Waals surface area (Å²) < 4.78 is 21.3. The van der Waals surface area contributed by atoms with Gasteiger partial charge in [0.05, 0.1) is 38.3 Å². The van der Waals surface area contributed by atoms with Gasteiger partial charge in [-0.3, -0.25) is 9.78 Å². The molecule has 10 nitrogen and oxygen atoms in total. The molecule has 0 aliphatic carbocycles. The minimum atomic E-state index is -0.503. The zero-order valence-corrected chi connectivity index (χ0v) is 16.1. The summed E-state index contributed by atoms with van der Waals surface area (Å²) in [4.78, 5) is 34.8. The molecular weight excluding hydrogens is 382 g/mol. The van der Waals surface area contributed by atoms with E-state index in [1.807, 2.05) is 0 Å². The Hall–Kier alpha value is -3.40. The van der Waals surface area contributed by atoms with Crippen LogP contribution in [-0.4, -0.2) is 74.1 Å². The predicted octanol–water partition coefficient (Wildman–Crippen LogP) is 1.12. The highest BCUT2D eigenvalue weighted by Crippen LogP contribution is 2.15. The molecule has 1 unspecified atom stereocenters. The largest absolute Gasteiger partial charge is 0.489 e. The fourth-order valence-electron chi connectivity index (χ4n) is 2.76. The van der Waals surface area contributed by atoms with Crippen LogP contribution in [-0.2, 0) is 19.1 Å². The van der Waals surface area contributed by atoms with Crippen molar-refractivity contribution in [2.45, 2.75) is 6.10 Å². The van der Waals surface area contributed by atoms with Gasteiger partial charge in [0.25, 0.3) is 5.91 Å². The van der Waals surface area contributed by atoms with Crippen LogP contribution in [0.5, 0.6) is 5.75 Å². The molecule has 0 N–H and O–H groups in total. The van der Waals surface area contributed by atoms with Crippen molar-refractivity contribution in [1.82, 2.24) is 9.88 Å². The third-order valence-electron chi connectivity index (χ3n) is 4.14. The van der Waals surface area contributed by atoms with E-state index in [1.54, 1.807) is 17.0 Å². The summed E-state index contributed by atoms with van der Waals surface area (Å²) in [6.45, 7) is 1.22. The monoisotopic (exact) mass is 403 g/mol. The normalized spacial score (nSPS) is 17.0.